The van der Waals surface area contributed by atoms with Gasteiger partial charge in [-0.15, -0.1) is 0 Å². The fourth-order valence-corrected chi connectivity index (χ4v) is 2.50. The molecular formula is C17H23F2N3O3S. The Kier molecular flexibility index (Phi) is 9.50. The lowest BCUT2D eigenvalue weighted by molar-refractivity contribution is 0.0976. The molecule has 0 atom stereocenters. The summed E-state index contributed by atoms with van der Waals surface area (Å²) in [7, 11) is 0. The molecule has 6 nitrogen and oxygen atoms in total. The molecule has 0 bridgehead atoms. The quantitative estimate of drug-likeness (QED) is 0.694. The molecule has 0 aromatic heterocycles. The second-order valence-corrected chi connectivity index (χ2v) is 6.09. The van der Waals surface area contributed by atoms with Crippen molar-refractivity contribution in [2.75, 3.05) is 6.61 Å². The predicted molar refractivity (Wildman–Crippen MR) is 97.6 cm³/mol. The van der Waals surface area contributed by atoms with Crippen molar-refractivity contribution < 1.29 is 23.1 Å². The van der Waals surface area contributed by atoms with Gasteiger partial charge < -0.3 is 15.8 Å². The van der Waals surface area contributed by atoms with Crippen molar-refractivity contribution in [1.29, 1.82) is 0 Å². The number of halogens is 2. The first-order valence-electron chi connectivity index (χ1n) is 8.32. The molecule has 0 heterocycles. The van der Waals surface area contributed by atoms with E-state index in [0.29, 0.717) is 12.6 Å². The molecule has 1 fully saturated rings. The van der Waals surface area contributed by atoms with Crippen LogP contribution in [0.25, 0.3) is 0 Å². The number of rotatable bonds is 3. The Morgan fingerprint density at radius 2 is 1.88 bits per heavy atom. The molecule has 1 aromatic carbocycles. The zero-order chi connectivity index (χ0) is 19.5. The second kappa shape index (κ2) is 11.3. The molecule has 0 radical (unpaired) electrons. The Balaban J connectivity index is 0.000000263. The summed E-state index contributed by atoms with van der Waals surface area (Å²) in [4.78, 5) is 22.1. The van der Waals surface area contributed by atoms with Gasteiger partial charge in [0.15, 0.2) is 16.7 Å². The van der Waals surface area contributed by atoms with Crippen LogP contribution < -0.4 is 16.4 Å². The Morgan fingerprint density at radius 1 is 1.23 bits per heavy atom. The zero-order valence-corrected chi connectivity index (χ0v) is 15.3. The first-order chi connectivity index (χ1) is 12.3. The van der Waals surface area contributed by atoms with Gasteiger partial charge in [-0.3, -0.25) is 10.1 Å². The number of hydrogen-bond acceptors (Lipinski definition) is 4. The van der Waals surface area contributed by atoms with Gasteiger partial charge in [-0.05, 0) is 50.2 Å². The zero-order valence-electron chi connectivity index (χ0n) is 14.5. The number of nitrogens with one attached hydrogen (secondary N) is 2. The fraction of sp³-hybridized carbons (Fsp3) is 0.471. The Bertz CT molecular complexity index is 638. The van der Waals surface area contributed by atoms with E-state index < -0.39 is 17.5 Å². The van der Waals surface area contributed by atoms with Crippen molar-refractivity contribution in [2.45, 2.75) is 45.1 Å². The number of nitrogens with two attached hydrogens (primary N) is 1. The van der Waals surface area contributed by atoms with E-state index in [1.165, 1.54) is 19.3 Å². The van der Waals surface area contributed by atoms with Crippen molar-refractivity contribution in [1.82, 2.24) is 10.6 Å². The first-order valence-corrected chi connectivity index (χ1v) is 8.73. The fourth-order valence-electron chi connectivity index (χ4n) is 2.41. The molecule has 1 saturated carbocycles. The van der Waals surface area contributed by atoms with Crippen LogP contribution >= 0.6 is 12.2 Å². The van der Waals surface area contributed by atoms with Gasteiger partial charge in [0.25, 0.3) is 5.91 Å². The van der Waals surface area contributed by atoms with E-state index in [-0.39, 0.29) is 16.8 Å². The van der Waals surface area contributed by atoms with Crippen molar-refractivity contribution >= 4 is 29.3 Å². The summed E-state index contributed by atoms with van der Waals surface area (Å²) >= 11 is 4.41. The normalized spacial score (nSPS) is 13.8. The minimum Gasteiger partial charge on any atom is -0.450 e. The van der Waals surface area contributed by atoms with Gasteiger partial charge in [0, 0.05) is 11.6 Å². The van der Waals surface area contributed by atoms with Crippen LogP contribution in [0.3, 0.4) is 0 Å². The van der Waals surface area contributed by atoms with Gasteiger partial charge in [0.05, 0.1) is 6.61 Å². The Hall–Kier alpha value is -2.29. The summed E-state index contributed by atoms with van der Waals surface area (Å²) in [5.74, 6) is -2.78. The van der Waals surface area contributed by atoms with E-state index in [2.05, 4.69) is 22.9 Å². The molecule has 2 rings (SSSR count). The highest BCUT2D eigenvalue weighted by atomic mass is 32.1. The van der Waals surface area contributed by atoms with Crippen LogP contribution in [0.4, 0.5) is 13.6 Å². The largest absolute Gasteiger partial charge is 0.450 e. The first kappa shape index (κ1) is 21.8. The van der Waals surface area contributed by atoms with Crippen LogP contribution in [0.15, 0.2) is 18.2 Å². The van der Waals surface area contributed by atoms with Gasteiger partial charge in [-0.1, -0.05) is 19.3 Å². The van der Waals surface area contributed by atoms with E-state index in [4.69, 9.17) is 10.5 Å². The van der Waals surface area contributed by atoms with E-state index in [1.807, 2.05) is 6.92 Å². The highest BCUT2D eigenvalue weighted by molar-refractivity contribution is 7.80. The van der Waals surface area contributed by atoms with Crippen LogP contribution in [0.2, 0.25) is 0 Å². The number of amides is 2. The van der Waals surface area contributed by atoms with Gasteiger partial charge >= 0.3 is 6.09 Å². The maximum Gasteiger partial charge on any atom is 0.407 e. The SMILES string of the molecule is CCOC(=O)NC1CCCCC1.NC(=S)NC(=O)c1ccc(F)c(F)c1. The summed E-state index contributed by atoms with van der Waals surface area (Å²) in [6.07, 6.45) is 5.73. The van der Waals surface area contributed by atoms with Crippen molar-refractivity contribution in [3.63, 3.8) is 0 Å². The third kappa shape index (κ3) is 8.19. The number of hydrogen-bond donors (Lipinski definition) is 3. The number of benzene rings is 1. The maximum atomic E-state index is 12.7. The molecule has 26 heavy (non-hydrogen) atoms. The smallest absolute Gasteiger partial charge is 0.407 e. The highest BCUT2D eigenvalue weighted by Gasteiger charge is 2.15. The average molecular weight is 387 g/mol. The monoisotopic (exact) mass is 387 g/mol. The number of carbonyl (C=O) groups is 2. The average Bonchev–Trinajstić information content (AvgIpc) is 2.58. The summed E-state index contributed by atoms with van der Waals surface area (Å²) in [5.41, 5.74) is 4.99. The third-order valence-electron chi connectivity index (χ3n) is 3.62. The predicted octanol–water partition coefficient (Wildman–Crippen LogP) is 3.00. The molecular weight excluding hydrogens is 364 g/mol. The summed E-state index contributed by atoms with van der Waals surface area (Å²) in [5, 5.41) is 4.72. The molecule has 144 valence electrons. The van der Waals surface area contributed by atoms with Gasteiger partial charge in [0.1, 0.15) is 0 Å². The number of carbonyl (C=O) groups excluding carboxylic acids is 2. The third-order valence-corrected chi connectivity index (χ3v) is 3.72. The van der Waals surface area contributed by atoms with Crippen LogP contribution in [0.5, 0.6) is 0 Å². The number of ether oxygens (including phenoxy) is 1. The topological polar surface area (TPSA) is 93.4 Å². The van der Waals surface area contributed by atoms with Crippen LogP contribution in [-0.2, 0) is 4.74 Å². The van der Waals surface area contributed by atoms with E-state index in [9.17, 15) is 18.4 Å². The second-order valence-electron chi connectivity index (χ2n) is 5.65. The maximum absolute atomic E-state index is 12.7. The molecule has 2 amide bonds. The van der Waals surface area contributed by atoms with Gasteiger partial charge in [-0.2, -0.15) is 0 Å². The highest BCUT2D eigenvalue weighted by Crippen LogP contribution is 2.17. The molecule has 0 aliphatic heterocycles. The molecule has 0 saturated heterocycles. The molecule has 4 N–H and O–H groups in total. The van der Waals surface area contributed by atoms with E-state index in [0.717, 1.165) is 31.0 Å². The summed E-state index contributed by atoms with van der Waals surface area (Å²) in [6.45, 7) is 2.28. The lowest BCUT2D eigenvalue weighted by Gasteiger charge is -2.22. The Labute approximate surface area is 156 Å². The standard InChI is InChI=1S/C9H17NO2.C8H6F2N2OS/c1-2-12-9(11)10-8-6-4-3-5-7-8;9-5-2-1-4(3-6(5)10)7(13)12-8(11)14/h8H,2-7H2,1H3,(H,10,11);1-3H,(H3,11,12,13,14). The van der Waals surface area contributed by atoms with Crippen LogP contribution in [0.1, 0.15) is 49.4 Å². The van der Waals surface area contributed by atoms with Crippen LogP contribution in [-0.4, -0.2) is 29.8 Å². The lowest BCUT2D eigenvalue weighted by Crippen LogP contribution is -2.36. The van der Waals surface area contributed by atoms with Crippen molar-refractivity contribution in [2.24, 2.45) is 5.73 Å². The molecule has 1 aromatic rings. The van der Waals surface area contributed by atoms with Gasteiger partial charge in [0.2, 0.25) is 0 Å². The van der Waals surface area contributed by atoms with Gasteiger partial charge in [-0.25, -0.2) is 13.6 Å². The van der Waals surface area contributed by atoms with Crippen LogP contribution in [0, 0.1) is 11.6 Å². The molecule has 1 aliphatic carbocycles. The lowest BCUT2D eigenvalue weighted by atomic mass is 9.96. The number of alkyl carbamates (subject to hydrolysis) is 1. The molecule has 0 spiro atoms. The molecule has 1 aliphatic rings. The minimum atomic E-state index is -1.10. The summed E-state index contributed by atoms with van der Waals surface area (Å²) in [6, 6.07) is 3.11. The van der Waals surface area contributed by atoms with E-state index in [1.54, 1.807) is 0 Å². The van der Waals surface area contributed by atoms with Crippen molar-refractivity contribution in [3.05, 3.63) is 35.4 Å². The number of thiocarbonyl (C=S) groups is 1. The summed E-state index contributed by atoms with van der Waals surface area (Å²) < 4.78 is 29.9. The van der Waals surface area contributed by atoms with E-state index >= 15 is 0 Å². The molecule has 9 heteroatoms. The Morgan fingerprint density at radius 3 is 2.42 bits per heavy atom. The van der Waals surface area contributed by atoms with Crippen molar-refractivity contribution in [3.8, 4) is 0 Å². The minimum absolute atomic E-state index is 0.0447. The molecule has 0 unspecified atom stereocenters.